The average Bonchev–Trinajstić information content (AvgIpc) is 3.16. The highest BCUT2D eigenvalue weighted by molar-refractivity contribution is 6.30. The highest BCUT2D eigenvalue weighted by Crippen LogP contribution is 2.35. The lowest BCUT2D eigenvalue weighted by Gasteiger charge is -2.28. The number of anilines is 2. The van der Waals surface area contributed by atoms with Crippen LogP contribution in [0, 0.1) is 0 Å². The average molecular weight is 360 g/mol. The maximum atomic E-state index is 6.30. The predicted molar refractivity (Wildman–Crippen MR) is 99.5 cm³/mol. The molecule has 0 bridgehead atoms. The van der Waals surface area contributed by atoms with Crippen LogP contribution in [0.4, 0.5) is 11.5 Å². The first-order chi connectivity index (χ1) is 12.2. The van der Waals surface area contributed by atoms with E-state index in [9.17, 15) is 0 Å². The molecule has 2 aliphatic heterocycles. The van der Waals surface area contributed by atoms with Crippen LogP contribution in [-0.2, 0) is 17.9 Å². The van der Waals surface area contributed by atoms with Gasteiger partial charge in [-0.3, -0.25) is 0 Å². The van der Waals surface area contributed by atoms with Crippen molar-refractivity contribution in [2.45, 2.75) is 26.0 Å². The molecule has 6 heteroatoms. The molecule has 0 amide bonds. The van der Waals surface area contributed by atoms with Gasteiger partial charge in [0.15, 0.2) is 12.6 Å². The summed E-state index contributed by atoms with van der Waals surface area (Å²) in [6.45, 7) is 3.68. The Morgan fingerprint density at radius 3 is 2.96 bits per heavy atom. The lowest BCUT2D eigenvalue weighted by molar-refractivity contribution is -0.0170. The van der Waals surface area contributed by atoms with E-state index < -0.39 is 0 Å². The number of fused-ring (bicyclic) bond motifs is 1. The van der Waals surface area contributed by atoms with Gasteiger partial charge in [0.2, 0.25) is 0 Å². The van der Waals surface area contributed by atoms with Crippen LogP contribution in [0.15, 0.2) is 30.5 Å². The second-order valence-corrected chi connectivity index (χ2v) is 7.00. The fourth-order valence-electron chi connectivity index (χ4n) is 3.57. The first kappa shape index (κ1) is 16.5. The maximum absolute atomic E-state index is 6.30. The van der Waals surface area contributed by atoms with Gasteiger partial charge in [0.25, 0.3) is 0 Å². The Morgan fingerprint density at radius 2 is 2.12 bits per heavy atom. The number of pyridine rings is 1. The van der Waals surface area contributed by atoms with E-state index in [0.29, 0.717) is 18.2 Å². The lowest BCUT2D eigenvalue weighted by atomic mass is 10.1. The third kappa shape index (κ3) is 3.39. The Morgan fingerprint density at radius 1 is 1.28 bits per heavy atom. The van der Waals surface area contributed by atoms with Crippen LogP contribution in [0.25, 0.3) is 0 Å². The highest BCUT2D eigenvalue weighted by Gasteiger charge is 2.21. The van der Waals surface area contributed by atoms with Crippen LogP contribution < -0.4 is 14.5 Å². The van der Waals surface area contributed by atoms with E-state index in [-0.39, 0.29) is 6.79 Å². The zero-order valence-corrected chi connectivity index (χ0v) is 15.1. The summed E-state index contributed by atoms with van der Waals surface area (Å²) in [5.41, 5.74) is 3.21. The second kappa shape index (κ2) is 7.10. The number of nitrogens with zero attached hydrogens (tertiary/aromatic N) is 3. The van der Waals surface area contributed by atoms with Crippen LogP contribution in [-0.4, -0.2) is 31.9 Å². The summed E-state index contributed by atoms with van der Waals surface area (Å²) < 4.78 is 11.1. The van der Waals surface area contributed by atoms with Crippen molar-refractivity contribution in [2.24, 2.45) is 0 Å². The van der Waals surface area contributed by atoms with Crippen molar-refractivity contribution < 1.29 is 9.47 Å². The van der Waals surface area contributed by atoms with Gasteiger partial charge in [0, 0.05) is 49.0 Å². The molecule has 2 aliphatic rings. The van der Waals surface area contributed by atoms with Gasteiger partial charge >= 0.3 is 0 Å². The van der Waals surface area contributed by atoms with E-state index in [2.05, 4.69) is 27.9 Å². The third-order valence-electron chi connectivity index (χ3n) is 4.74. The maximum Gasteiger partial charge on any atom is 0.189 e. The monoisotopic (exact) mass is 359 g/mol. The Bertz CT molecular complexity index is 762. The van der Waals surface area contributed by atoms with Crippen LogP contribution in [0.5, 0.6) is 5.75 Å². The molecule has 0 atom stereocenters. The minimum absolute atomic E-state index is 0.289. The van der Waals surface area contributed by atoms with Crippen LogP contribution >= 0.6 is 11.6 Å². The first-order valence-electron chi connectivity index (χ1n) is 8.65. The van der Waals surface area contributed by atoms with Crippen molar-refractivity contribution in [3.05, 3.63) is 46.6 Å². The summed E-state index contributed by atoms with van der Waals surface area (Å²) in [4.78, 5) is 9.21. The summed E-state index contributed by atoms with van der Waals surface area (Å²) in [6.07, 6.45) is 4.33. The molecule has 0 unspecified atom stereocenters. The molecule has 0 spiro atoms. The zero-order chi connectivity index (χ0) is 17.2. The number of aromatic nitrogens is 1. The largest absolute Gasteiger partial charge is 0.467 e. The summed E-state index contributed by atoms with van der Waals surface area (Å²) >= 11 is 6.30. The van der Waals surface area contributed by atoms with Crippen LogP contribution in [0.2, 0.25) is 5.02 Å². The van der Waals surface area contributed by atoms with Gasteiger partial charge in [0.05, 0.1) is 12.3 Å². The van der Waals surface area contributed by atoms with Gasteiger partial charge in [0.1, 0.15) is 5.75 Å². The van der Waals surface area contributed by atoms with Gasteiger partial charge in [-0.1, -0.05) is 11.6 Å². The Kier molecular flexibility index (Phi) is 4.68. The molecular weight excluding hydrogens is 338 g/mol. The standard InChI is InChI=1S/C19H22ClN3O2/c1-22(17-5-4-6-21-19(17)23-7-2-3-8-23)11-14-9-16(20)10-15-12-24-13-25-18(14)15/h4-6,9-10H,2-3,7-8,11-13H2,1H3. The molecule has 3 heterocycles. The van der Waals surface area contributed by atoms with Gasteiger partial charge < -0.3 is 19.3 Å². The normalized spacial score (nSPS) is 16.5. The summed E-state index contributed by atoms with van der Waals surface area (Å²) in [5.74, 6) is 1.96. The van der Waals surface area contributed by atoms with E-state index in [0.717, 1.165) is 41.5 Å². The second-order valence-electron chi connectivity index (χ2n) is 6.56. The topological polar surface area (TPSA) is 37.8 Å². The van der Waals surface area contributed by atoms with Crippen molar-refractivity contribution in [2.75, 3.05) is 36.7 Å². The van der Waals surface area contributed by atoms with E-state index >= 15 is 0 Å². The van der Waals surface area contributed by atoms with Gasteiger partial charge in [-0.25, -0.2) is 4.98 Å². The van der Waals surface area contributed by atoms with Gasteiger partial charge in [-0.2, -0.15) is 0 Å². The smallest absolute Gasteiger partial charge is 0.189 e. The number of benzene rings is 1. The van der Waals surface area contributed by atoms with E-state index in [1.54, 1.807) is 0 Å². The minimum atomic E-state index is 0.289. The van der Waals surface area contributed by atoms with E-state index in [4.69, 9.17) is 21.1 Å². The van der Waals surface area contributed by atoms with Crippen molar-refractivity contribution in [1.82, 2.24) is 4.98 Å². The molecule has 1 saturated heterocycles. The van der Waals surface area contributed by atoms with Crippen molar-refractivity contribution in [1.29, 1.82) is 0 Å². The highest BCUT2D eigenvalue weighted by atomic mass is 35.5. The fourth-order valence-corrected chi connectivity index (χ4v) is 3.84. The molecule has 0 aliphatic carbocycles. The summed E-state index contributed by atoms with van der Waals surface area (Å²) in [5, 5.41) is 0.710. The molecule has 1 fully saturated rings. The molecule has 1 aromatic heterocycles. The Labute approximate surface area is 153 Å². The molecule has 0 radical (unpaired) electrons. The lowest BCUT2D eigenvalue weighted by Crippen LogP contribution is -2.25. The number of ether oxygens (including phenoxy) is 2. The number of hydrogen-bond acceptors (Lipinski definition) is 5. The third-order valence-corrected chi connectivity index (χ3v) is 4.96. The summed E-state index contributed by atoms with van der Waals surface area (Å²) in [6, 6.07) is 8.01. The van der Waals surface area contributed by atoms with Crippen LogP contribution in [0.1, 0.15) is 24.0 Å². The number of halogens is 1. The number of rotatable bonds is 4. The van der Waals surface area contributed by atoms with Crippen molar-refractivity contribution >= 4 is 23.1 Å². The Hall–Kier alpha value is -1.98. The molecule has 1 aromatic carbocycles. The van der Waals surface area contributed by atoms with Crippen molar-refractivity contribution in [3.63, 3.8) is 0 Å². The van der Waals surface area contributed by atoms with Gasteiger partial charge in [-0.05, 0) is 37.1 Å². The predicted octanol–water partition coefficient (Wildman–Crippen LogP) is 3.84. The molecule has 0 saturated carbocycles. The molecule has 5 nitrogen and oxygen atoms in total. The number of hydrogen-bond donors (Lipinski definition) is 0. The van der Waals surface area contributed by atoms with Gasteiger partial charge in [-0.15, -0.1) is 0 Å². The SMILES string of the molecule is CN(Cc1cc(Cl)cc2c1OCOC2)c1cccnc1N1CCCC1. The summed E-state index contributed by atoms with van der Waals surface area (Å²) in [7, 11) is 2.09. The Balaban J connectivity index is 1.63. The first-order valence-corrected chi connectivity index (χ1v) is 9.03. The zero-order valence-electron chi connectivity index (χ0n) is 14.4. The molecular formula is C19H22ClN3O2. The minimum Gasteiger partial charge on any atom is -0.467 e. The van der Waals surface area contributed by atoms with E-state index in [1.165, 1.54) is 12.8 Å². The van der Waals surface area contributed by atoms with E-state index in [1.807, 2.05) is 24.4 Å². The van der Waals surface area contributed by atoms with Crippen LogP contribution in [0.3, 0.4) is 0 Å². The fraction of sp³-hybridized carbons (Fsp3) is 0.421. The molecule has 132 valence electrons. The quantitative estimate of drug-likeness (QED) is 0.829. The van der Waals surface area contributed by atoms with Crippen molar-refractivity contribution in [3.8, 4) is 5.75 Å². The molecule has 4 rings (SSSR count). The molecule has 25 heavy (non-hydrogen) atoms. The molecule has 0 N–H and O–H groups in total. The molecule has 2 aromatic rings.